The van der Waals surface area contributed by atoms with E-state index in [0.717, 1.165) is 0 Å². The summed E-state index contributed by atoms with van der Waals surface area (Å²) in [5.74, 6) is -1.27. The van der Waals surface area contributed by atoms with Crippen LogP contribution in [0.4, 0.5) is 0 Å². The topological polar surface area (TPSA) is 84.9 Å². The Morgan fingerprint density at radius 3 is 2.76 bits per heavy atom. The fourth-order valence-corrected chi connectivity index (χ4v) is 2.19. The van der Waals surface area contributed by atoms with Crippen molar-refractivity contribution in [2.45, 2.75) is 25.0 Å². The zero-order valence-corrected chi connectivity index (χ0v) is 12.2. The second kappa shape index (κ2) is 6.32. The first-order valence-corrected chi connectivity index (χ1v) is 6.87. The molecule has 1 heterocycles. The second-order valence-electron chi connectivity index (χ2n) is 4.87. The van der Waals surface area contributed by atoms with Gasteiger partial charge >= 0.3 is 5.97 Å². The van der Waals surface area contributed by atoms with Gasteiger partial charge in [0.05, 0.1) is 11.6 Å². The van der Waals surface area contributed by atoms with Crippen LogP contribution in [0.15, 0.2) is 24.3 Å². The van der Waals surface area contributed by atoms with Crippen molar-refractivity contribution >= 4 is 23.5 Å². The minimum Gasteiger partial charge on any atom is -0.479 e. The number of carboxylic acid groups (broad SMARTS) is 1. The number of amides is 1. The summed E-state index contributed by atoms with van der Waals surface area (Å²) in [4.78, 5) is 23.5. The lowest BCUT2D eigenvalue weighted by Crippen LogP contribution is -2.57. The third-order valence-corrected chi connectivity index (χ3v) is 3.62. The van der Waals surface area contributed by atoms with Gasteiger partial charge in [0.15, 0.2) is 11.6 Å². The van der Waals surface area contributed by atoms with Crippen molar-refractivity contribution in [3.8, 4) is 5.75 Å². The lowest BCUT2D eigenvalue weighted by Gasteiger charge is -2.25. The average molecular weight is 314 g/mol. The smallest absolute Gasteiger partial charge is 0.331 e. The predicted molar refractivity (Wildman–Crippen MR) is 75.5 cm³/mol. The molecule has 1 amide bonds. The summed E-state index contributed by atoms with van der Waals surface area (Å²) in [6, 6.07) is 6.76. The minimum atomic E-state index is -1.38. The molecular weight excluding hydrogens is 298 g/mol. The lowest BCUT2D eigenvalue weighted by atomic mass is 9.98. The summed E-state index contributed by atoms with van der Waals surface area (Å²) in [5.41, 5.74) is -1.38. The first-order chi connectivity index (χ1) is 9.94. The molecule has 0 spiro atoms. The molecule has 7 heteroatoms. The maximum atomic E-state index is 12.1. The van der Waals surface area contributed by atoms with Gasteiger partial charge in [-0.2, -0.15) is 0 Å². The van der Waals surface area contributed by atoms with E-state index in [2.05, 4.69) is 5.32 Å². The van der Waals surface area contributed by atoms with Crippen molar-refractivity contribution in [2.75, 3.05) is 13.2 Å². The highest BCUT2D eigenvalue weighted by molar-refractivity contribution is 6.32. The van der Waals surface area contributed by atoms with Gasteiger partial charge in [0, 0.05) is 13.0 Å². The number of aliphatic carboxylic acids is 1. The quantitative estimate of drug-likeness (QED) is 0.860. The Kier molecular flexibility index (Phi) is 4.69. The molecule has 2 rings (SSSR count). The Hall–Kier alpha value is -1.79. The molecule has 1 aliphatic heterocycles. The molecule has 6 nitrogen and oxygen atoms in total. The van der Waals surface area contributed by atoms with Gasteiger partial charge in [0.1, 0.15) is 5.75 Å². The zero-order valence-electron chi connectivity index (χ0n) is 11.5. The monoisotopic (exact) mass is 313 g/mol. The number of hydrogen-bond acceptors (Lipinski definition) is 4. The highest BCUT2D eigenvalue weighted by atomic mass is 35.5. The van der Waals surface area contributed by atoms with Crippen LogP contribution in [-0.2, 0) is 14.3 Å². The molecule has 0 saturated carbocycles. The summed E-state index contributed by atoms with van der Waals surface area (Å²) in [5, 5.41) is 12.2. The van der Waals surface area contributed by atoms with E-state index in [1.165, 1.54) is 6.92 Å². The molecule has 1 aromatic carbocycles. The Bertz CT molecular complexity index is 542. The number of para-hydroxylation sites is 1. The van der Waals surface area contributed by atoms with Crippen LogP contribution in [0, 0.1) is 0 Å². The second-order valence-corrected chi connectivity index (χ2v) is 5.28. The number of rotatable bonds is 5. The Labute approximate surface area is 127 Å². The molecule has 1 aliphatic rings. The fraction of sp³-hybridized carbons (Fsp3) is 0.429. The van der Waals surface area contributed by atoms with E-state index in [4.69, 9.17) is 21.1 Å². The van der Waals surface area contributed by atoms with Crippen molar-refractivity contribution in [1.82, 2.24) is 5.32 Å². The van der Waals surface area contributed by atoms with Crippen LogP contribution >= 0.6 is 11.6 Å². The Morgan fingerprint density at radius 1 is 1.48 bits per heavy atom. The van der Waals surface area contributed by atoms with Crippen LogP contribution in [0.3, 0.4) is 0 Å². The van der Waals surface area contributed by atoms with Crippen molar-refractivity contribution < 1.29 is 24.2 Å². The van der Waals surface area contributed by atoms with Crippen LogP contribution in [0.1, 0.15) is 13.3 Å². The molecule has 1 saturated heterocycles. The number of benzene rings is 1. The molecular formula is C14H16ClNO5. The number of halogens is 1. The molecule has 114 valence electrons. The minimum absolute atomic E-state index is 0.0487. The van der Waals surface area contributed by atoms with Crippen molar-refractivity contribution in [2.24, 2.45) is 0 Å². The number of hydrogen-bond donors (Lipinski definition) is 2. The van der Waals surface area contributed by atoms with Gasteiger partial charge in [-0.3, -0.25) is 4.79 Å². The zero-order chi connectivity index (χ0) is 15.5. The van der Waals surface area contributed by atoms with E-state index in [9.17, 15) is 14.7 Å². The Morgan fingerprint density at radius 2 is 2.19 bits per heavy atom. The van der Waals surface area contributed by atoms with Gasteiger partial charge < -0.3 is 19.9 Å². The van der Waals surface area contributed by atoms with E-state index in [0.29, 0.717) is 17.4 Å². The molecule has 2 unspecified atom stereocenters. The van der Waals surface area contributed by atoms with Crippen molar-refractivity contribution in [3.05, 3.63) is 29.3 Å². The van der Waals surface area contributed by atoms with Gasteiger partial charge in [0.2, 0.25) is 0 Å². The first kappa shape index (κ1) is 15.6. The molecule has 0 bridgehead atoms. The Balaban J connectivity index is 2.03. The molecule has 2 atom stereocenters. The highest BCUT2D eigenvalue weighted by Gasteiger charge is 2.44. The average Bonchev–Trinajstić information content (AvgIpc) is 2.91. The van der Waals surface area contributed by atoms with Crippen molar-refractivity contribution in [1.29, 1.82) is 0 Å². The SMILES string of the molecule is CC(Oc1ccccc1Cl)C(=O)NC1(C(=O)O)CCOC1. The van der Waals surface area contributed by atoms with Crippen LogP contribution in [-0.4, -0.2) is 41.8 Å². The van der Waals surface area contributed by atoms with Crippen LogP contribution < -0.4 is 10.1 Å². The molecule has 0 radical (unpaired) electrons. The molecule has 1 fully saturated rings. The normalized spacial score (nSPS) is 22.6. The van der Waals surface area contributed by atoms with E-state index in [-0.39, 0.29) is 13.0 Å². The summed E-state index contributed by atoms with van der Waals surface area (Å²) < 4.78 is 10.5. The van der Waals surface area contributed by atoms with E-state index in [1.807, 2.05) is 0 Å². The molecule has 0 aliphatic carbocycles. The third-order valence-electron chi connectivity index (χ3n) is 3.30. The highest BCUT2D eigenvalue weighted by Crippen LogP contribution is 2.25. The maximum absolute atomic E-state index is 12.1. The summed E-state index contributed by atoms with van der Waals surface area (Å²) in [6.07, 6.45) is -0.644. The summed E-state index contributed by atoms with van der Waals surface area (Å²) >= 11 is 5.95. The summed E-state index contributed by atoms with van der Waals surface area (Å²) in [7, 11) is 0. The van der Waals surface area contributed by atoms with Crippen molar-refractivity contribution in [3.63, 3.8) is 0 Å². The third kappa shape index (κ3) is 3.46. The maximum Gasteiger partial charge on any atom is 0.331 e. The van der Waals surface area contributed by atoms with Crippen LogP contribution in [0.25, 0.3) is 0 Å². The molecule has 1 aromatic rings. The largest absolute Gasteiger partial charge is 0.479 e. The van der Waals surface area contributed by atoms with E-state index in [1.54, 1.807) is 24.3 Å². The first-order valence-electron chi connectivity index (χ1n) is 6.49. The van der Waals surface area contributed by atoms with Gasteiger partial charge in [-0.15, -0.1) is 0 Å². The van der Waals surface area contributed by atoms with Gasteiger partial charge in [-0.05, 0) is 19.1 Å². The number of carboxylic acids is 1. The van der Waals surface area contributed by atoms with Gasteiger partial charge in [-0.25, -0.2) is 4.79 Å². The fourth-order valence-electron chi connectivity index (χ4n) is 2.01. The number of nitrogens with one attached hydrogen (secondary N) is 1. The summed E-state index contributed by atoms with van der Waals surface area (Å²) in [6.45, 7) is 1.78. The lowest BCUT2D eigenvalue weighted by molar-refractivity contribution is -0.148. The standard InChI is InChI=1S/C14H16ClNO5/c1-9(21-11-5-3-2-4-10(11)15)12(17)16-14(13(18)19)6-7-20-8-14/h2-5,9H,6-8H2,1H3,(H,16,17)(H,18,19). The number of ether oxygens (including phenoxy) is 2. The number of carbonyl (C=O) groups excluding carboxylic acids is 1. The molecule has 21 heavy (non-hydrogen) atoms. The predicted octanol–water partition coefficient (Wildman–Crippen LogP) is 1.47. The van der Waals surface area contributed by atoms with Gasteiger partial charge in [-0.1, -0.05) is 23.7 Å². The van der Waals surface area contributed by atoms with E-state index < -0.39 is 23.5 Å². The molecule has 2 N–H and O–H groups in total. The van der Waals surface area contributed by atoms with Crippen LogP contribution in [0.2, 0.25) is 5.02 Å². The number of carbonyl (C=O) groups is 2. The molecule has 0 aromatic heterocycles. The van der Waals surface area contributed by atoms with Crippen LogP contribution in [0.5, 0.6) is 5.75 Å². The van der Waals surface area contributed by atoms with Gasteiger partial charge in [0.25, 0.3) is 5.91 Å². The van der Waals surface area contributed by atoms with E-state index >= 15 is 0 Å².